The van der Waals surface area contributed by atoms with Crippen LogP contribution in [0, 0.1) is 12.7 Å². The maximum atomic E-state index is 13.6. The fraction of sp³-hybridized carbons (Fsp3) is 0.500. The van der Waals surface area contributed by atoms with E-state index in [0.29, 0.717) is 5.56 Å². The molecule has 0 saturated carbocycles. The summed E-state index contributed by atoms with van der Waals surface area (Å²) in [7, 11) is 0. The van der Waals surface area contributed by atoms with Crippen molar-refractivity contribution in [2.24, 2.45) is 0 Å². The second-order valence-corrected chi connectivity index (χ2v) is 5.23. The number of piperidine rings is 1. The molecular formula is C14H16F4N2O. The summed E-state index contributed by atoms with van der Waals surface area (Å²) in [6.45, 7) is 1.72. The van der Waals surface area contributed by atoms with Gasteiger partial charge in [-0.05, 0) is 37.5 Å². The van der Waals surface area contributed by atoms with E-state index in [1.165, 1.54) is 12.1 Å². The molecule has 0 radical (unpaired) electrons. The largest absolute Gasteiger partial charge is 0.403 e. The van der Waals surface area contributed by atoms with Crippen molar-refractivity contribution in [3.8, 4) is 0 Å². The lowest BCUT2D eigenvalue weighted by atomic mass is 10.00. The molecule has 2 unspecified atom stereocenters. The van der Waals surface area contributed by atoms with Crippen molar-refractivity contribution in [1.82, 2.24) is 10.6 Å². The zero-order chi connectivity index (χ0) is 15.6. The van der Waals surface area contributed by atoms with Gasteiger partial charge in [-0.1, -0.05) is 6.07 Å². The summed E-state index contributed by atoms with van der Waals surface area (Å²) in [6.07, 6.45) is -4.18. The summed E-state index contributed by atoms with van der Waals surface area (Å²) in [6, 6.07) is 2.25. The second-order valence-electron chi connectivity index (χ2n) is 5.23. The number of rotatable bonds is 2. The Morgan fingerprint density at radius 1 is 1.33 bits per heavy atom. The molecule has 21 heavy (non-hydrogen) atoms. The highest BCUT2D eigenvalue weighted by Gasteiger charge is 2.41. The number of hydrogen-bond donors (Lipinski definition) is 2. The number of alkyl halides is 3. The number of hydrogen-bond acceptors (Lipinski definition) is 2. The van der Waals surface area contributed by atoms with E-state index in [1.54, 1.807) is 13.0 Å². The zero-order valence-electron chi connectivity index (χ0n) is 11.4. The number of benzene rings is 1. The number of carbonyl (C=O) groups excluding carboxylic acids is 1. The van der Waals surface area contributed by atoms with E-state index >= 15 is 0 Å². The normalized spacial score (nSPS) is 22.9. The summed E-state index contributed by atoms with van der Waals surface area (Å²) in [5, 5.41) is 4.91. The zero-order valence-corrected chi connectivity index (χ0v) is 11.4. The quantitative estimate of drug-likeness (QED) is 0.825. The van der Waals surface area contributed by atoms with E-state index in [1.807, 2.05) is 0 Å². The molecule has 0 spiro atoms. The highest BCUT2D eigenvalue weighted by atomic mass is 19.4. The fourth-order valence-corrected chi connectivity index (χ4v) is 2.33. The Labute approximate surface area is 119 Å². The first-order valence-electron chi connectivity index (χ1n) is 6.64. The van der Waals surface area contributed by atoms with Crippen LogP contribution in [-0.2, 0) is 0 Å². The van der Waals surface area contributed by atoms with Crippen LogP contribution >= 0.6 is 0 Å². The van der Waals surface area contributed by atoms with Gasteiger partial charge < -0.3 is 10.6 Å². The van der Waals surface area contributed by atoms with Gasteiger partial charge >= 0.3 is 6.18 Å². The minimum absolute atomic E-state index is 0.0173. The van der Waals surface area contributed by atoms with Crippen molar-refractivity contribution in [2.45, 2.75) is 38.0 Å². The van der Waals surface area contributed by atoms with Crippen molar-refractivity contribution in [3.05, 3.63) is 35.1 Å². The van der Waals surface area contributed by atoms with Crippen LogP contribution < -0.4 is 10.6 Å². The van der Waals surface area contributed by atoms with Gasteiger partial charge in [-0.15, -0.1) is 0 Å². The fourth-order valence-electron chi connectivity index (χ4n) is 2.33. The summed E-state index contributed by atoms with van der Waals surface area (Å²) < 4.78 is 51.1. The number of aryl methyl sites for hydroxylation is 1. The highest BCUT2D eigenvalue weighted by molar-refractivity contribution is 5.94. The molecule has 1 fully saturated rings. The smallest absolute Gasteiger partial charge is 0.348 e. The van der Waals surface area contributed by atoms with E-state index in [4.69, 9.17) is 0 Å². The molecule has 0 aliphatic carbocycles. The molecule has 1 aliphatic rings. The van der Waals surface area contributed by atoms with E-state index < -0.39 is 30.0 Å². The van der Waals surface area contributed by atoms with E-state index in [-0.39, 0.29) is 24.9 Å². The van der Waals surface area contributed by atoms with Crippen molar-refractivity contribution >= 4 is 5.91 Å². The number of halogens is 4. The third kappa shape index (κ3) is 3.93. The molecule has 1 aromatic carbocycles. The molecule has 116 valence electrons. The first kappa shape index (κ1) is 15.8. The van der Waals surface area contributed by atoms with Crippen molar-refractivity contribution < 1.29 is 22.4 Å². The van der Waals surface area contributed by atoms with Gasteiger partial charge in [0, 0.05) is 12.6 Å². The molecule has 0 aromatic heterocycles. The van der Waals surface area contributed by atoms with E-state index in [2.05, 4.69) is 10.6 Å². The average Bonchev–Trinajstić information content (AvgIpc) is 2.38. The van der Waals surface area contributed by atoms with Gasteiger partial charge in [0.2, 0.25) is 0 Å². The number of nitrogens with one attached hydrogen (secondary N) is 2. The van der Waals surface area contributed by atoms with Crippen LogP contribution in [0.3, 0.4) is 0 Å². The average molecular weight is 304 g/mol. The number of amides is 1. The van der Waals surface area contributed by atoms with Gasteiger partial charge in [0.05, 0.1) is 5.56 Å². The summed E-state index contributed by atoms with van der Waals surface area (Å²) in [5.74, 6) is -1.24. The molecule has 2 rings (SSSR count). The lowest BCUT2D eigenvalue weighted by molar-refractivity contribution is -0.160. The van der Waals surface area contributed by atoms with Crippen molar-refractivity contribution in [1.29, 1.82) is 0 Å². The molecular weight excluding hydrogens is 288 g/mol. The van der Waals surface area contributed by atoms with Crippen LogP contribution in [-0.4, -0.2) is 30.7 Å². The SMILES string of the molecule is Cc1ccc(C(=O)NC2CCC(C(F)(F)F)NC2)c(F)c1. The molecule has 1 aliphatic heterocycles. The Hall–Kier alpha value is -1.63. The van der Waals surface area contributed by atoms with Gasteiger partial charge in [0.25, 0.3) is 5.91 Å². The molecule has 1 amide bonds. The summed E-state index contributed by atoms with van der Waals surface area (Å²) >= 11 is 0. The maximum absolute atomic E-state index is 13.6. The van der Waals surface area contributed by atoms with Crippen LogP contribution in [0.5, 0.6) is 0 Å². The number of carbonyl (C=O) groups is 1. The monoisotopic (exact) mass is 304 g/mol. The van der Waals surface area contributed by atoms with Gasteiger partial charge in [-0.2, -0.15) is 13.2 Å². The topological polar surface area (TPSA) is 41.1 Å². The van der Waals surface area contributed by atoms with Gasteiger partial charge in [-0.25, -0.2) is 4.39 Å². The van der Waals surface area contributed by atoms with Crippen LogP contribution in [0.25, 0.3) is 0 Å². The molecule has 7 heteroatoms. The highest BCUT2D eigenvalue weighted by Crippen LogP contribution is 2.26. The van der Waals surface area contributed by atoms with E-state index in [0.717, 1.165) is 0 Å². The molecule has 2 N–H and O–H groups in total. The Balaban J connectivity index is 1.93. The molecule has 2 atom stereocenters. The van der Waals surface area contributed by atoms with Crippen LogP contribution in [0.2, 0.25) is 0 Å². The predicted molar refractivity (Wildman–Crippen MR) is 69.5 cm³/mol. The summed E-state index contributed by atoms with van der Waals surface area (Å²) in [5.41, 5.74) is 0.593. The minimum Gasteiger partial charge on any atom is -0.348 e. The first-order chi connectivity index (χ1) is 9.77. The molecule has 1 aromatic rings. The maximum Gasteiger partial charge on any atom is 0.403 e. The molecule has 1 saturated heterocycles. The van der Waals surface area contributed by atoms with E-state index in [9.17, 15) is 22.4 Å². The molecule has 1 heterocycles. The van der Waals surface area contributed by atoms with Crippen LogP contribution in [0.1, 0.15) is 28.8 Å². The van der Waals surface area contributed by atoms with Gasteiger partial charge in [0.15, 0.2) is 0 Å². The Morgan fingerprint density at radius 2 is 2.05 bits per heavy atom. The predicted octanol–water partition coefficient (Wildman–Crippen LogP) is 2.55. The molecule has 0 bridgehead atoms. The van der Waals surface area contributed by atoms with Gasteiger partial charge in [-0.3, -0.25) is 4.79 Å². The lowest BCUT2D eigenvalue weighted by Gasteiger charge is -2.31. The second kappa shape index (κ2) is 6.01. The van der Waals surface area contributed by atoms with Crippen molar-refractivity contribution in [3.63, 3.8) is 0 Å². The third-order valence-corrected chi connectivity index (χ3v) is 3.51. The Bertz CT molecular complexity index is 522. The van der Waals surface area contributed by atoms with Crippen molar-refractivity contribution in [2.75, 3.05) is 6.54 Å². The standard InChI is InChI=1S/C14H16F4N2O/c1-8-2-4-10(11(15)6-8)13(21)20-9-3-5-12(19-7-9)14(16,17)18/h2,4,6,9,12,19H,3,5,7H2,1H3,(H,20,21). The third-order valence-electron chi connectivity index (χ3n) is 3.51. The first-order valence-corrected chi connectivity index (χ1v) is 6.64. The Morgan fingerprint density at radius 3 is 2.57 bits per heavy atom. The van der Waals surface area contributed by atoms with Crippen LogP contribution in [0.15, 0.2) is 18.2 Å². The van der Waals surface area contributed by atoms with Gasteiger partial charge in [0.1, 0.15) is 11.9 Å². The minimum atomic E-state index is -4.28. The van der Waals surface area contributed by atoms with Crippen LogP contribution in [0.4, 0.5) is 17.6 Å². The summed E-state index contributed by atoms with van der Waals surface area (Å²) in [4.78, 5) is 11.9. The Kier molecular flexibility index (Phi) is 4.51. The molecule has 3 nitrogen and oxygen atoms in total. The lowest BCUT2D eigenvalue weighted by Crippen LogP contribution is -2.54.